The van der Waals surface area contributed by atoms with Gasteiger partial charge in [-0.1, -0.05) is 13.0 Å². The van der Waals surface area contributed by atoms with E-state index >= 15 is 0 Å². The van der Waals surface area contributed by atoms with Crippen molar-refractivity contribution >= 4 is 33.0 Å². The van der Waals surface area contributed by atoms with Crippen LogP contribution in [-0.2, 0) is 21.2 Å². The molecule has 1 fully saturated rings. The van der Waals surface area contributed by atoms with Gasteiger partial charge in [0.25, 0.3) is 0 Å². The van der Waals surface area contributed by atoms with Crippen LogP contribution in [0.3, 0.4) is 0 Å². The molecule has 3 amide bonds. The summed E-state index contributed by atoms with van der Waals surface area (Å²) in [4.78, 5) is 27.6. The smallest absolute Gasteiger partial charge is 0.245 e. The van der Waals surface area contributed by atoms with Crippen molar-refractivity contribution in [2.45, 2.75) is 26.3 Å². The normalized spacial score (nSPS) is 22.7. The highest BCUT2D eigenvalue weighted by Crippen LogP contribution is 2.47. The summed E-state index contributed by atoms with van der Waals surface area (Å²) in [6.07, 6.45) is 9.80. The number of fused-ring (bicyclic) bond motifs is 2. The predicted octanol–water partition coefficient (Wildman–Crippen LogP) is 2.16. The van der Waals surface area contributed by atoms with Crippen molar-refractivity contribution in [1.29, 1.82) is 0 Å². The molecule has 5 rings (SSSR count). The van der Waals surface area contributed by atoms with Gasteiger partial charge in [0, 0.05) is 11.8 Å². The summed E-state index contributed by atoms with van der Waals surface area (Å²) in [5.41, 5.74) is 1.86. The standard InChI is InChI=1S/C22H23N4O4S/c1-22(8-9-22)14-31(29,30)16-6-7-19-17(11-16)20(27)25(21(28)24(19)2)13-15-12-23-26-10-4-3-5-18(15)26/h3-7,10-12,17H,8-9,13-14H2,1-2H3/q+1. The van der Waals surface area contributed by atoms with Gasteiger partial charge in [0.05, 0.1) is 29.4 Å². The fraction of sp³-hybridized carbons (Fsp3) is 0.364. The maximum absolute atomic E-state index is 13.3. The van der Waals surface area contributed by atoms with Gasteiger partial charge in [-0.05, 0) is 48.6 Å². The molecule has 1 aliphatic heterocycles. The lowest BCUT2D eigenvalue weighted by Gasteiger charge is -2.26. The lowest BCUT2D eigenvalue weighted by molar-refractivity contribution is -0.406. The minimum Gasteiger partial charge on any atom is -0.245 e. The van der Waals surface area contributed by atoms with Crippen molar-refractivity contribution in [3.8, 4) is 0 Å². The molecule has 31 heavy (non-hydrogen) atoms. The van der Waals surface area contributed by atoms with Crippen LogP contribution in [0.25, 0.3) is 5.52 Å². The van der Waals surface area contributed by atoms with Gasteiger partial charge in [0.1, 0.15) is 18.2 Å². The van der Waals surface area contributed by atoms with Crippen LogP contribution in [0.15, 0.2) is 53.7 Å². The van der Waals surface area contributed by atoms with Crippen molar-refractivity contribution in [1.82, 2.24) is 14.5 Å². The number of allylic oxidation sites excluding steroid dienone is 2. The molecule has 1 unspecified atom stereocenters. The van der Waals surface area contributed by atoms with Crippen molar-refractivity contribution < 1.29 is 22.6 Å². The molecule has 1 saturated carbocycles. The minimum atomic E-state index is -3.51. The number of urea groups is 1. The second kappa shape index (κ2) is 6.71. The van der Waals surface area contributed by atoms with E-state index in [1.807, 2.05) is 25.1 Å². The van der Waals surface area contributed by atoms with Crippen LogP contribution < -0.4 is 0 Å². The third-order valence-electron chi connectivity index (χ3n) is 6.34. The Labute approximate surface area is 180 Å². The van der Waals surface area contributed by atoms with E-state index < -0.39 is 27.7 Å². The van der Waals surface area contributed by atoms with Crippen LogP contribution in [0, 0.1) is 11.3 Å². The molecule has 0 spiro atoms. The Bertz CT molecular complexity index is 1330. The SMILES string of the molecule is C[N+]1=C2C=CC(S(=O)(=O)CC3(C)CC3)=CC2C(=O)N(Cc2cnn3ccccc23)C1=O. The van der Waals surface area contributed by atoms with Crippen LogP contribution >= 0.6 is 0 Å². The molecule has 0 aromatic carbocycles. The Morgan fingerprint density at radius 1 is 1.23 bits per heavy atom. The second-order valence-electron chi connectivity index (χ2n) is 8.84. The average molecular weight is 440 g/mol. The first kappa shape index (κ1) is 19.9. The van der Waals surface area contributed by atoms with Crippen molar-refractivity contribution in [2.24, 2.45) is 11.3 Å². The van der Waals surface area contributed by atoms with E-state index in [9.17, 15) is 18.0 Å². The highest BCUT2D eigenvalue weighted by Gasteiger charge is 2.48. The van der Waals surface area contributed by atoms with Crippen molar-refractivity contribution in [3.05, 3.63) is 59.3 Å². The molecule has 160 valence electrons. The molecule has 2 aromatic rings. The summed E-state index contributed by atoms with van der Waals surface area (Å²) < 4.78 is 28.9. The molecule has 9 heteroatoms. The van der Waals surface area contributed by atoms with Crippen molar-refractivity contribution in [2.75, 3.05) is 12.8 Å². The van der Waals surface area contributed by atoms with Gasteiger partial charge in [-0.2, -0.15) is 19.4 Å². The topological polar surface area (TPSA) is 91.8 Å². The van der Waals surface area contributed by atoms with Crippen LogP contribution in [0.4, 0.5) is 4.79 Å². The molecule has 0 saturated heterocycles. The maximum atomic E-state index is 13.3. The maximum Gasteiger partial charge on any atom is 0.500 e. The summed E-state index contributed by atoms with van der Waals surface area (Å²) in [5.74, 6) is -1.16. The molecule has 3 heterocycles. The summed E-state index contributed by atoms with van der Waals surface area (Å²) in [7, 11) is -1.91. The summed E-state index contributed by atoms with van der Waals surface area (Å²) in [6.45, 7) is 2.03. The zero-order valence-corrected chi connectivity index (χ0v) is 18.2. The number of pyridine rings is 1. The molecule has 2 aromatic heterocycles. The lowest BCUT2D eigenvalue weighted by atomic mass is 9.94. The third-order valence-corrected chi connectivity index (χ3v) is 8.41. The number of amides is 3. The average Bonchev–Trinajstić information content (AvgIpc) is 3.32. The largest absolute Gasteiger partial charge is 0.500 e. The number of carbonyl (C=O) groups excluding carboxylic acids is 2. The summed E-state index contributed by atoms with van der Waals surface area (Å²) in [6, 6.07) is 5.14. The zero-order valence-electron chi connectivity index (χ0n) is 17.4. The fourth-order valence-corrected chi connectivity index (χ4v) is 6.17. The van der Waals surface area contributed by atoms with Crippen molar-refractivity contribution in [3.63, 3.8) is 0 Å². The summed E-state index contributed by atoms with van der Waals surface area (Å²) >= 11 is 0. The van der Waals surface area contributed by atoms with E-state index in [4.69, 9.17) is 0 Å². The molecule has 2 aliphatic carbocycles. The lowest BCUT2D eigenvalue weighted by Crippen LogP contribution is -2.53. The van der Waals surface area contributed by atoms with Gasteiger partial charge in [0.15, 0.2) is 9.84 Å². The first-order chi connectivity index (χ1) is 14.7. The van der Waals surface area contributed by atoms with Gasteiger partial charge < -0.3 is 0 Å². The van der Waals surface area contributed by atoms with Gasteiger partial charge in [-0.25, -0.2) is 17.7 Å². The van der Waals surface area contributed by atoms with Gasteiger partial charge in [-0.3, -0.25) is 0 Å². The van der Waals surface area contributed by atoms with Crippen LogP contribution in [0.2, 0.25) is 0 Å². The van der Waals surface area contributed by atoms with Gasteiger partial charge >= 0.3 is 11.9 Å². The zero-order chi connectivity index (χ0) is 22.0. The Morgan fingerprint density at radius 3 is 2.74 bits per heavy atom. The molecule has 0 radical (unpaired) electrons. The molecule has 3 aliphatic rings. The van der Waals surface area contributed by atoms with Crippen LogP contribution in [-0.4, -0.2) is 58.0 Å². The Hall–Kier alpha value is -3.07. The number of rotatable bonds is 5. The number of hydrogen-bond acceptors (Lipinski definition) is 5. The Morgan fingerprint density at radius 2 is 2.00 bits per heavy atom. The first-order valence-corrected chi connectivity index (χ1v) is 11.8. The van der Waals surface area contributed by atoms with E-state index in [0.29, 0.717) is 5.71 Å². The van der Waals surface area contributed by atoms with Gasteiger partial charge in [0.2, 0.25) is 0 Å². The fourth-order valence-electron chi connectivity index (χ4n) is 4.18. The Balaban J connectivity index is 1.48. The number of hydrogen-bond donors (Lipinski definition) is 0. The molecular formula is C22H23N4O4S+. The van der Waals surface area contributed by atoms with Gasteiger partial charge in [-0.15, -0.1) is 0 Å². The van der Waals surface area contributed by atoms with Crippen LogP contribution in [0.1, 0.15) is 25.3 Å². The molecule has 0 N–H and O–H groups in total. The molecule has 1 atom stereocenters. The minimum absolute atomic E-state index is 0.0665. The van der Waals surface area contributed by atoms with E-state index in [2.05, 4.69) is 5.10 Å². The monoisotopic (exact) mass is 439 g/mol. The van der Waals surface area contributed by atoms with Crippen LogP contribution in [0.5, 0.6) is 0 Å². The molecular weight excluding hydrogens is 416 g/mol. The third kappa shape index (κ3) is 3.33. The number of aromatic nitrogens is 2. The number of imide groups is 1. The Kier molecular flexibility index (Phi) is 4.30. The first-order valence-electron chi connectivity index (χ1n) is 10.2. The molecule has 8 nitrogen and oxygen atoms in total. The molecule has 0 bridgehead atoms. The van der Waals surface area contributed by atoms with E-state index in [-0.39, 0.29) is 22.6 Å². The number of nitrogens with zero attached hydrogens (tertiary/aromatic N) is 4. The quantitative estimate of drug-likeness (QED) is 0.666. The predicted molar refractivity (Wildman–Crippen MR) is 114 cm³/mol. The highest BCUT2D eigenvalue weighted by atomic mass is 32.2. The van der Waals surface area contributed by atoms with E-state index in [1.165, 1.54) is 21.6 Å². The van der Waals surface area contributed by atoms with E-state index in [0.717, 1.165) is 23.9 Å². The highest BCUT2D eigenvalue weighted by molar-refractivity contribution is 7.95. The van der Waals surface area contributed by atoms with E-state index in [1.54, 1.807) is 30.0 Å². The summed E-state index contributed by atoms with van der Waals surface area (Å²) in [5, 5.41) is 4.27. The number of carbonyl (C=O) groups is 2. The number of sulfone groups is 1. The second-order valence-corrected chi connectivity index (χ2v) is 10.8.